The summed E-state index contributed by atoms with van der Waals surface area (Å²) in [6.45, 7) is 0. The van der Waals surface area contributed by atoms with Gasteiger partial charge in [-0.25, -0.2) is 5.10 Å². The molecule has 11 heteroatoms. The van der Waals surface area contributed by atoms with E-state index in [1.54, 1.807) is 30.3 Å². The maximum absolute atomic E-state index is 13.2. The molecule has 0 spiro atoms. The van der Waals surface area contributed by atoms with Crippen molar-refractivity contribution >= 4 is 56.6 Å². The molecule has 182 valence electrons. The summed E-state index contributed by atoms with van der Waals surface area (Å²) >= 11 is 6.14. The van der Waals surface area contributed by atoms with E-state index in [9.17, 15) is 9.59 Å². The largest absolute Gasteiger partial charge is 0.349 e. The molecule has 0 aliphatic heterocycles. The van der Waals surface area contributed by atoms with Crippen LogP contribution in [0.15, 0.2) is 72.8 Å². The van der Waals surface area contributed by atoms with Crippen molar-refractivity contribution in [3.63, 3.8) is 0 Å². The van der Waals surface area contributed by atoms with E-state index in [0.717, 1.165) is 16.3 Å². The number of fused-ring (bicyclic) bond motifs is 2. The van der Waals surface area contributed by atoms with Crippen molar-refractivity contribution in [1.29, 1.82) is 0 Å². The van der Waals surface area contributed by atoms with Crippen LogP contribution < -0.4 is 10.6 Å². The van der Waals surface area contributed by atoms with Gasteiger partial charge in [0, 0.05) is 33.9 Å². The third-order valence-electron chi connectivity index (χ3n) is 6.16. The number of tetrazole rings is 1. The first-order chi connectivity index (χ1) is 18.0. The molecule has 0 bridgehead atoms. The highest BCUT2D eigenvalue weighted by Gasteiger charge is 2.18. The number of anilines is 2. The average molecular weight is 511 g/mol. The van der Waals surface area contributed by atoms with E-state index < -0.39 is 0 Å². The molecule has 6 aromatic rings. The summed E-state index contributed by atoms with van der Waals surface area (Å²) in [6.07, 6.45) is 0. The van der Waals surface area contributed by atoms with E-state index in [2.05, 4.69) is 36.2 Å². The number of carbonyl (C=O) groups excluding carboxylic acids is 2. The Kier molecular flexibility index (Phi) is 5.42. The predicted molar refractivity (Wildman–Crippen MR) is 142 cm³/mol. The fourth-order valence-corrected chi connectivity index (χ4v) is 4.53. The van der Waals surface area contributed by atoms with E-state index in [1.807, 2.05) is 54.1 Å². The lowest BCUT2D eigenvalue weighted by Crippen LogP contribution is -2.16. The topological polar surface area (TPSA) is 133 Å². The molecule has 3 aromatic heterocycles. The van der Waals surface area contributed by atoms with Crippen LogP contribution in [0.25, 0.3) is 33.2 Å². The van der Waals surface area contributed by atoms with E-state index in [4.69, 9.17) is 11.6 Å². The minimum absolute atomic E-state index is 0.252. The van der Waals surface area contributed by atoms with E-state index in [0.29, 0.717) is 44.7 Å². The third-order valence-corrected chi connectivity index (χ3v) is 6.40. The van der Waals surface area contributed by atoms with Crippen LogP contribution in [-0.2, 0) is 7.05 Å². The monoisotopic (exact) mass is 510 g/mol. The molecule has 0 fully saturated rings. The number of nitrogens with one attached hydrogen (secondary N) is 4. The van der Waals surface area contributed by atoms with Gasteiger partial charge in [0.15, 0.2) is 5.82 Å². The number of aromatic amines is 2. The van der Waals surface area contributed by atoms with Crippen LogP contribution in [0.2, 0.25) is 5.02 Å². The molecule has 0 saturated heterocycles. The molecule has 10 nitrogen and oxygen atoms in total. The molecule has 37 heavy (non-hydrogen) atoms. The number of hydrogen-bond donors (Lipinski definition) is 4. The number of rotatable bonds is 5. The standard InChI is InChI=1S/C26H19ClN8O2/c1-35-21-8-3-2-5-14(21)12-22(35)26(37)30-19-7-4-6-15-11-20(28-23(15)19)25(36)29-18-10-9-16(27)13-17(18)24-31-33-34-32-24/h2-13,28H,1H3,(H,29,36)(H,30,37)(H,31,32,33,34). The van der Waals surface area contributed by atoms with Crippen LogP contribution in [0, 0.1) is 0 Å². The second kappa shape index (κ2) is 8.92. The number of halogens is 1. The Hall–Kier alpha value is -4.96. The minimum atomic E-state index is -0.377. The summed E-state index contributed by atoms with van der Waals surface area (Å²) in [5.74, 6) is -0.260. The van der Waals surface area contributed by atoms with Crippen LogP contribution in [0.1, 0.15) is 21.0 Å². The quantitative estimate of drug-likeness (QED) is 0.259. The Morgan fingerprint density at radius 2 is 1.70 bits per heavy atom. The zero-order valence-corrected chi connectivity index (χ0v) is 20.2. The summed E-state index contributed by atoms with van der Waals surface area (Å²) in [7, 11) is 1.86. The summed E-state index contributed by atoms with van der Waals surface area (Å²) in [5, 5.41) is 21.8. The van der Waals surface area contributed by atoms with Gasteiger partial charge in [0.1, 0.15) is 11.4 Å². The van der Waals surface area contributed by atoms with Gasteiger partial charge in [0.2, 0.25) is 0 Å². The first-order valence-corrected chi connectivity index (χ1v) is 11.7. The SMILES string of the molecule is Cn1c(C(=O)Nc2cccc3cc(C(=O)Nc4ccc(Cl)cc4-c4nnn[nH]4)[nH]c23)cc2ccccc21. The number of benzene rings is 3. The Morgan fingerprint density at radius 3 is 2.51 bits per heavy atom. The van der Waals surface area contributed by atoms with Crippen LogP contribution in [0.4, 0.5) is 11.4 Å². The van der Waals surface area contributed by atoms with Crippen LogP contribution in [-0.4, -0.2) is 42.0 Å². The van der Waals surface area contributed by atoms with Gasteiger partial charge in [0.05, 0.1) is 16.9 Å². The van der Waals surface area contributed by atoms with Crippen molar-refractivity contribution in [1.82, 2.24) is 30.2 Å². The van der Waals surface area contributed by atoms with Gasteiger partial charge in [0.25, 0.3) is 11.8 Å². The fraction of sp³-hybridized carbons (Fsp3) is 0.0385. The smallest absolute Gasteiger partial charge is 0.272 e. The highest BCUT2D eigenvalue weighted by Crippen LogP contribution is 2.30. The Labute approximate surface area is 214 Å². The van der Waals surface area contributed by atoms with Gasteiger partial charge in [-0.2, -0.15) is 0 Å². The molecule has 2 amide bonds. The molecular weight excluding hydrogens is 492 g/mol. The third kappa shape index (κ3) is 4.09. The van der Waals surface area contributed by atoms with E-state index >= 15 is 0 Å². The van der Waals surface area contributed by atoms with Gasteiger partial charge in [-0.1, -0.05) is 41.9 Å². The predicted octanol–water partition coefficient (Wildman–Crippen LogP) is 5.00. The molecule has 3 aromatic carbocycles. The normalized spacial score (nSPS) is 11.2. The summed E-state index contributed by atoms with van der Waals surface area (Å²) in [4.78, 5) is 29.5. The van der Waals surface area contributed by atoms with Crippen molar-refractivity contribution in [3.05, 3.63) is 89.2 Å². The second-order valence-corrected chi connectivity index (χ2v) is 8.88. The lowest BCUT2D eigenvalue weighted by molar-refractivity contribution is 0.101. The zero-order valence-electron chi connectivity index (χ0n) is 19.4. The Balaban J connectivity index is 1.29. The number of hydrogen-bond acceptors (Lipinski definition) is 5. The van der Waals surface area contributed by atoms with E-state index in [1.165, 1.54) is 0 Å². The summed E-state index contributed by atoms with van der Waals surface area (Å²) in [6, 6.07) is 21.9. The first-order valence-electron chi connectivity index (χ1n) is 11.3. The van der Waals surface area contributed by atoms with Crippen molar-refractivity contribution in [2.45, 2.75) is 0 Å². The number of H-pyrrole nitrogens is 2. The van der Waals surface area contributed by atoms with Crippen LogP contribution in [0.3, 0.4) is 0 Å². The molecule has 0 radical (unpaired) electrons. The second-order valence-electron chi connectivity index (χ2n) is 8.45. The zero-order chi connectivity index (χ0) is 25.5. The summed E-state index contributed by atoms with van der Waals surface area (Å²) in [5.41, 5.74) is 4.04. The molecule has 0 atom stereocenters. The molecule has 0 aliphatic carbocycles. The van der Waals surface area contributed by atoms with Gasteiger partial charge in [-0.3, -0.25) is 9.59 Å². The molecule has 0 unspecified atom stereocenters. The van der Waals surface area contributed by atoms with Crippen molar-refractivity contribution in [2.24, 2.45) is 7.05 Å². The minimum Gasteiger partial charge on any atom is -0.349 e. The molecule has 4 N–H and O–H groups in total. The number of para-hydroxylation sites is 2. The summed E-state index contributed by atoms with van der Waals surface area (Å²) < 4.78 is 1.85. The van der Waals surface area contributed by atoms with Crippen LogP contribution >= 0.6 is 11.6 Å². The van der Waals surface area contributed by atoms with Gasteiger partial charge in [-0.15, -0.1) is 5.10 Å². The Morgan fingerprint density at radius 1 is 0.892 bits per heavy atom. The van der Waals surface area contributed by atoms with Crippen molar-refractivity contribution in [2.75, 3.05) is 10.6 Å². The number of carbonyl (C=O) groups is 2. The lowest BCUT2D eigenvalue weighted by atomic mass is 10.1. The number of nitrogens with zero attached hydrogens (tertiary/aromatic N) is 4. The van der Waals surface area contributed by atoms with Crippen molar-refractivity contribution < 1.29 is 9.59 Å². The van der Waals surface area contributed by atoms with Gasteiger partial charge in [-0.05, 0) is 52.9 Å². The fourth-order valence-electron chi connectivity index (χ4n) is 4.36. The molecule has 6 rings (SSSR count). The number of aromatic nitrogens is 6. The maximum atomic E-state index is 13.2. The highest BCUT2D eigenvalue weighted by atomic mass is 35.5. The number of aryl methyl sites for hydroxylation is 1. The first kappa shape index (κ1) is 22.5. The van der Waals surface area contributed by atoms with Crippen LogP contribution in [0.5, 0.6) is 0 Å². The molecular formula is C26H19ClN8O2. The lowest BCUT2D eigenvalue weighted by Gasteiger charge is -2.09. The van der Waals surface area contributed by atoms with Gasteiger partial charge < -0.3 is 20.2 Å². The average Bonchev–Trinajstić information content (AvgIpc) is 3.65. The molecule has 0 saturated carbocycles. The number of amides is 2. The molecule has 0 aliphatic rings. The maximum Gasteiger partial charge on any atom is 0.272 e. The van der Waals surface area contributed by atoms with E-state index in [-0.39, 0.29) is 11.8 Å². The van der Waals surface area contributed by atoms with Crippen molar-refractivity contribution in [3.8, 4) is 11.4 Å². The molecule has 3 heterocycles. The Bertz CT molecular complexity index is 1800. The van der Waals surface area contributed by atoms with Gasteiger partial charge >= 0.3 is 0 Å². The highest BCUT2D eigenvalue weighted by molar-refractivity contribution is 6.31.